The van der Waals surface area contributed by atoms with Crippen molar-refractivity contribution in [2.24, 2.45) is 5.84 Å². The van der Waals surface area contributed by atoms with Gasteiger partial charge in [0.15, 0.2) is 0 Å². The zero-order valence-electron chi connectivity index (χ0n) is 7.85. The Morgan fingerprint density at radius 2 is 2.31 bits per heavy atom. The number of hydrogen-bond donors (Lipinski definition) is 3. The summed E-state index contributed by atoms with van der Waals surface area (Å²) in [7, 11) is 0. The Hall–Kier alpha value is -1.36. The smallest absolute Gasteiger partial charge is 0.255 e. The molecule has 0 spiro atoms. The van der Waals surface area contributed by atoms with Crippen LogP contribution in [-0.2, 0) is 6.42 Å². The zero-order chi connectivity index (χ0) is 9.84. The molecular formula is C8H14N4O. The van der Waals surface area contributed by atoms with Crippen molar-refractivity contribution < 1.29 is 0 Å². The van der Waals surface area contributed by atoms with Gasteiger partial charge in [0.05, 0.1) is 0 Å². The van der Waals surface area contributed by atoms with Crippen molar-refractivity contribution in [3.63, 3.8) is 0 Å². The van der Waals surface area contributed by atoms with Crippen molar-refractivity contribution >= 4 is 5.95 Å². The van der Waals surface area contributed by atoms with Gasteiger partial charge in [0.2, 0.25) is 5.95 Å². The first-order valence-electron chi connectivity index (χ1n) is 4.25. The molecule has 0 radical (unpaired) electrons. The van der Waals surface area contributed by atoms with Crippen molar-refractivity contribution in [2.45, 2.75) is 26.7 Å². The van der Waals surface area contributed by atoms with Crippen LogP contribution < -0.4 is 16.8 Å². The molecule has 0 aliphatic rings. The Morgan fingerprint density at radius 1 is 1.62 bits per heavy atom. The summed E-state index contributed by atoms with van der Waals surface area (Å²) in [6.45, 7) is 3.83. The van der Waals surface area contributed by atoms with Crippen LogP contribution in [0.4, 0.5) is 5.95 Å². The van der Waals surface area contributed by atoms with E-state index >= 15 is 0 Å². The van der Waals surface area contributed by atoms with Crippen molar-refractivity contribution in [2.75, 3.05) is 5.43 Å². The van der Waals surface area contributed by atoms with E-state index in [1.165, 1.54) is 0 Å². The molecule has 5 nitrogen and oxygen atoms in total. The van der Waals surface area contributed by atoms with Crippen LogP contribution in [0, 0.1) is 6.92 Å². The second-order valence-electron chi connectivity index (χ2n) is 2.87. The van der Waals surface area contributed by atoms with Crippen LogP contribution in [0.5, 0.6) is 0 Å². The van der Waals surface area contributed by atoms with Gasteiger partial charge < -0.3 is 0 Å². The molecule has 13 heavy (non-hydrogen) atoms. The maximum absolute atomic E-state index is 11.4. The normalized spacial score (nSPS) is 10.1. The summed E-state index contributed by atoms with van der Waals surface area (Å²) in [5, 5.41) is 0. The second-order valence-corrected chi connectivity index (χ2v) is 2.87. The number of rotatable bonds is 3. The maximum atomic E-state index is 11.4. The molecule has 0 fully saturated rings. The van der Waals surface area contributed by atoms with E-state index in [0.29, 0.717) is 5.95 Å². The number of anilines is 1. The molecule has 72 valence electrons. The van der Waals surface area contributed by atoms with Gasteiger partial charge >= 0.3 is 0 Å². The van der Waals surface area contributed by atoms with Gasteiger partial charge in [0, 0.05) is 11.3 Å². The molecule has 0 aromatic carbocycles. The van der Waals surface area contributed by atoms with Crippen LogP contribution in [0.15, 0.2) is 4.79 Å². The number of nitrogen functional groups attached to an aromatic ring is 1. The van der Waals surface area contributed by atoms with E-state index in [-0.39, 0.29) is 5.56 Å². The molecule has 0 saturated carbocycles. The minimum absolute atomic E-state index is 0.109. The van der Waals surface area contributed by atoms with Gasteiger partial charge in [0.25, 0.3) is 5.56 Å². The van der Waals surface area contributed by atoms with Gasteiger partial charge in [-0.05, 0) is 13.3 Å². The van der Waals surface area contributed by atoms with Crippen LogP contribution in [0.25, 0.3) is 0 Å². The molecule has 0 bridgehead atoms. The summed E-state index contributed by atoms with van der Waals surface area (Å²) in [5.74, 6) is 5.44. The predicted molar refractivity (Wildman–Crippen MR) is 51.4 cm³/mol. The average Bonchev–Trinajstić information content (AvgIpc) is 2.11. The summed E-state index contributed by atoms with van der Waals surface area (Å²) < 4.78 is 0. The standard InChI is InChI=1S/C8H14N4O/c1-3-4-6-5(2)10-8(12-9)11-7(6)13/h3-4,9H2,1-2H3,(H2,10,11,12,13). The van der Waals surface area contributed by atoms with Crippen LogP contribution >= 0.6 is 0 Å². The first-order chi connectivity index (χ1) is 6.19. The lowest BCUT2D eigenvalue weighted by Crippen LogP contribution is -2.21. The van der Waals surface area contributed by atoms with E-state index in [2.05, 4.69) is 15.4 Å². The highest BCUT2D eigenvalue weighted by Gasteiger charge is 2.05. The first kappa shape index (κ1) is 9.73. The molecular weight excluding hydrogens is 168 g/mol. The summed E-state index contributed by atoms with van der Waals surface area (Å²) in [4.78, 5) is 18.0. The molecule has 1 aromatic heterocycles. The van der Waals surface area contributed by atoms with E-state index < -0.39 is 0 Å². The number of H-pyrrole nitrogens is 1. The quantitative estimate of drug-likeness (QED) is 0.464. The third-order valence-corrected chi connectivity index (χ3v) is 1.86. The number of nitrogens with two attached hydrogens (primary N) is 1. The third-order valence-electron chi connectivity index (χ3n) is 1.86. The molecule has 0 aliphatic heterocycles. The number of aromatic nitrogens is 2. The van der Waals surface area contributed by atoms with Crippen molar-refractivity contribution in [3.8, 4) is 0 Å². The Balaban J connectivity index is 3.15. The molecule has 5 heteroatoms. The second kappa shape index (κ2) is 4.04. The lowest BCUT2D eigenvalue weighted by atomic mass is 10.1. The summed E-state index contributed by atoms with van der Waals surface area (Å²) in [6, 6.07) is 0. The van der Waals surface area contributed by atoms with Crippen LogP contribution in [0.3, 0.4) is 0 Å². The minimum atomic E-state index is -0.109. The molecule has 1 aromatic rings. The molecule has 0 saturated heterocycles. The average molecular weight is 182 g/mol. The molecule has 1 heterocycles. The summed E-state index contributed by atoms with van der Waals surface area (Å²) in [6.07, 6.45) is 1.68. The van der Waals surface area contributed by atoms with Gasteiger partial charge in [-0.1, -0.05) is 13.3 Å². The highest BCUT2D eigenvalue weighted by atomic mass is 16.1. The van der Waals surface area contributed by atoms with E-state index in [1.54, 1.807) is 6.92 Å². The van der Waals surface area contributed by atoms with Crippen LogP contribution in [0.2, 0.25) is 0 Å². The lowest BCUT2D eigenvalue weighted by Gasteiger charge is -2.04. The summed E-state index contributed by atoms with van der Waals surface area (Å²) >= 11 is 0. The Kier molecular flexibility index (Phi) is 3.02. The van der Waals surface area contributed by atoms with Gasteiger partial charge in [0.1, 0.15) is 0 Å². The number of hydrogen-bond acceptors (Lipinski definition) is 4. The predicted octanol–water partition coefficient (Wildman–Crippen LogP) is 0.316. The highest BCUT2D eigenvalue weighted by molar-refractivity contribution is 5.27. The molecule has 1 rings (SSSR count). The van der Waals surface area contributed by atoms with Crippen molar-refractivity contribution in [1.82, 2.24) is 9.97 Å². The van der Waals surface area contributed by atoms with Gasteiger partial charge in [-0.2, -0.15) is 0 Å². The number of hydrazine groups is 1. The van der Waals surface area contributed by atoms with E-state index in [0.717, 1.165) is 24.1 Å². The zero-order valence-corrected chi connectivity index (χ0v) is 7.85. The van der Waals surface area contributed by atoms with E-state index in [1.807, 2.05) is 6.92 Å². The van der Waals surface area contributed by atoms with Crippen molar-refractivity contribution in [1.29, 1.82) is 0 Å². The fourth-order valence-electron chi connectivity index (χ4n) is 1.22. The lowest BCUT2D eigenvalue weighted by molar-refractivity contribution is 0.866. The van der Waals surface area contributed by atoms with Crippen molar-refractivity contribution in [3.05, 3.63) is 21.6 Å². The van der Waals surface area contributed by atoms with Crippen LogP contribution in [0.1, 0.15) is 24.6 Å². The van der Waals surface area contributed by atoms with Gasteiger partial charge in [-0.25, -0.2) is 10.8 Å². The van der Waals surface area contributed by atoms with Crippen LogP contribution in [-0.4, -0.2) is 9.97 Å². The summed E-state index contributed by atoms with van der Waals surface area (Å²) in [5.41, 5.74) is 3.67. The number of aromatic amines is 1. The highest BCUT2D eigenvalue weighted by Crippen LogP contribution is 2.03. The van der Waals surface area contributed by atoms with E-state index in [4.69, 9.17) is 5.84 Å². The molecule has 4 N–H and O–H groups in total. The number of nitrogens with zero attached hydrogens (tertiary/aromatic N) is 1. The number of nitrogens with one attached hydrogen (secondary N) is 2. The molecule has 0 aliphatic carbocycles. The number of aryl methyl sites for hydroxylation is 1. The van der Waals surface area contributed by atoms with Gasteiger partial charge in [-0.3, -0.25) is 15.2 Å². The minimum Gasteiger partial charge on any atom is -0.294 e. The first-order valence-corrected chi connectivity index (χ1v) is 4.25. The third kappa shape index (κ3) is 2.06. The van der Waals surface area contributed by atoms with E-state index in [9.17, 15) is 4.79 Å². The largest absolute Gasteiger partial charge is 0.294 e. The molecule has 0 atom stereocenters. The SMILES string of the molecule is CCCc1c(C)nc(NN)[nH]c1=O. The molecule has 0 unspecified atom stereocenters. The van der Waals surface area contributed by atoms with Gasteiger partial charge in [-0.15, -0.1) is 0 Å². The Bertz CT molecular complexity index is 344. The topological polar surface area (TPSA) is 83.8 Å². The maximum Gasteiger partial charge on any atom is 0.255 e. The fourth-order valence-corrected chi connectivity index (χ4v) is 1.22. The Morgan fingerprint density at radius 3 is 2.77 bits per heavy atom. The molecule has 0 amide bonds. The monoisotopic (exact) mass is 182 g/mol. The fraction of sp³-hybridized carbons (Fsp3) is 0.500. The Labute approximate surface area is 76.4 Å².